The first-order valence-corrected chi connectivity index (χ1v) is 7.17. The van der Waals surface area contributed by atoms with Crippen molar-refractivity contribution in [1.29, 1.82) is 0 Å². The molecule has 1 atom stereocenters. The number of methoxy groups -OCH3 is 1. The predicted molar refractivity (Wildman–Crippen MR) is 87.4 cm³/mol. The molecule has 0 spiro atoms. The Kier molecular flexibility index (Phi) is 5.10. The van der Waals surface area contributed by atoms with Crippen LogP contribution in [0.4, 0.5) is 5.69 Å². The maximum absolute atomic E-state index is 10.5. The summed E-state index contributed by atoms with van der Waals surface area (Å²) in [5.74, 6) is 0.738. The Balaban J connectivity index is 2.23. The van der Waals surface area contributed by atoms with Crippen molar-refractivity contribution in [1.82, 2.24) is 0 Å². The maximum atomic E-state index is 10.5. The van der Waals surface area contributed by atoms with Crippen LogP contribution in [0.1, 0.15) is 17.2 Å². The van der Waals surface area contributed by atoms with Crippen molar-refractivity contribution in [3.8, 4) is 5.75 Å². The second-order valence-electron chi connectivity index (χ2n) is 5.17. The Labute approximate surface area is 130 Å². The normalized spacial score (nSPS) is 12.0. The fourth-order valence-electron chi connectivity index (χ4n) is 2.24. The van der Waals surface area contributed by atoms with Crippen molar-refractivity contribution in [2.75, 3.05) is 26.1 Å². The number of rotatable bonds is 5. The molecule has 0 saturated carbocycles. The second kappa shape index (κ2) is 6.83. The summed E-state index contributed by atoms with van der Waals surface area (Å²) in [6.45, 7) is 0. The lowest BCUT2D eigenvalue weighted by Crippen LogP contribution is -2.10. The van der Waals surface area contributed by atoms with Crippen molar-refractivity contribution in [2.45, 2.75) is 12.5 Å². The molecule has 0 aliphatic rings. The van der Waals surface area contributed by atoms with Crippen LogP contribution in [0.25, 0.3) is 0 Å². The largest absolute Gasteiger partial charge is 0.496 e. The number of ether oxygens (including phenoxy) is 1. The summed E-state index contributed by atoms with van der Waals surface area (Å²) < 4.78 is 5.32. The molecule has 0 heterocycles. The van der Waals surface area contributed by atoms with Gasteiger partial charge in [-0.05, 0) is 41.5 Å². The van der Waals surface area contributed by atoms with E-state index in [4.69, 9.17) is 16.3 Å². The van der Waals surface area contributed by atoms with Gasteiger partial charge in [0.2, 0.25) is 0 Å². The zero-order chi connectivity index (χ0) is 15.4. The van der Waals surface area contributed by atoms with E-state index in [1.165, 1.54) is 0 Å². The van der Waals surface area contributed by atoms with Crippen LogP contribution in [0.3, 0.4) is 0 Å². The van der Waals surface area contributed by atoms with Crippen LogP contribution < -0.4 is 9.64 Å². The highest BCUT2D eigenvalue weighted by Gasteiger charge is 2.13. The van der Waals surface area contributed by atoms with Gasteiger partial charge < -0.3 is 14.7 Å². The number of aliphatic hydroxyl groups is 1. The zero-order valence-corrected chi connectivity index (χ0v) is 13.3. The molecular weight excluding hydrogens is 286 g/mol. The fraction of sp³-hybridized carbons (Fsp3) is 0.294. The zero-order valence-electron chi connectivity index (χ0n) is 12.5. The van der Waals surface area contributed by atoms with Gasteiger partial charge in [0, 0.05) is 31.2 Å². The van der Waals surface area contributed by atoms with Gasteiger partial charge in [-0.25, -0.2) is 0 Å². The third-order valence-electron chi connectivity index (χ3n) is 3.43. The third kappa shape index (κ3) is 3.90. The van der Waals surface area contributed by atoms with Crippen molar-refractivity contribution in [3.63, 3.8) is 0 Å². The molecule has 0 amide bonds. The molecule has 0 radical (unpaired) electrons. The smallest absolute Gasteiger partial charge is 0.122 e. The number of halogens is 1. The molecule has 2 rings (SSSR count). The summed E-state index contributed by atoms with van der Waals surface area (Å²) in [6, 6.07) is 13.3. The van der Waals surface area contributed by atoms with Crippen molar-refractivity contribution < 1.29 is 9.84 Å². The van der Waals surface area contributed by atoms with Gasteiger partial charge in [0.1, 0.15) is 5.75 Å². The molecule has 0 fully saturated rings. The van der Waals surface area contributed by atoms with Gasteiger partial charge in [-0.2, -0.15) is 0 Å². The summed E-state index contributed by atoms with van der Waals surface area (Å²) in [5, 5.41) is 11.1. The van der Waals surface area contributed by atoms with Crippen LogP contribution in [0.15, 0.2) is 42.5 Å². The van der Waals surface area contributed by atoms with Crippen LogP contribution in [0.2, 0.25) is 5.02 Å². The monoisotopic (exact) mass is 305 g/mol. The highest BCUT2D eigenvalue weighted by Crippen LogP contribution is 2.28. The van der Waals surface area contributed by atoms with Crippen LogP contribution in [0.5, 0.6) is 5.75 Å². The SMILES string of the molecule is COc1ccc(Cl)cc1CC(O)c1cccc(N(C)C)c1. The van der Waals surface area contributed by atoms with Gasteiger partial charge in [0.15, 0.2) is 0 Å². The highest BCUT2D eigenvalue weighted by atomic mass is 35.5. The van der Waals surface area contributed by atoms with Gasteiger partial charge in [0.05, 0.1) is 13.2 Å². The minimum atomic E-state index is -0.600. The lowest BCUT2D eigenvalue weighted by molar-refractivity contribution is 0.177. The summed E-state index contributed by atoms with van der Waals surface area (Å²) >= 11 is 6.03. The van der Waals surface area contributed by atoms with Crippen LogP contribution >= 0.6 is 11.6 Å². The molecule has 1 unspecified atom stereocenters. The van der Waals surface area contributed by atoms with E-state index < -0.39 is 6.10 Å². The van der Waals surface area contributed by atoms with Gasteiger partial charge >= 0.3 is 0 Å². The van der Waals surface area contributed by atoms with E-state index in [-0.39, 0.29) is 0 Å². The second-order valence-corrected chi connectivity index (χ2v) is 5.60. The first-order chi connectivity index (χ1) is 10.0. The van der Waals surface area contributed by atoms with Crippen molar-refractivity contribution in [2.24, 2.45) is 0 Å². The van der Waals surface area contributed by atoms with E-state index in [1.54, 1.807) is 13.2 Å². The van der Waals surface area contributed by atoms with Gasteiger partial charge in [0.25, 0.3) is 0 Å². The van der Waals surface area contributed by atoms with Gasteiger partial charge in [-0.3, -0.25) is 0 Å². The topological polar surface area (TPSA) is 32.7 Å². The lowest BCUT2D eigenvalue weighted by atomic mass is 10.00. The summed E-state index contributed by atoms with van der Waals surface area (Å²) in [4.78, 5) is 2.01. The van der Waals surface area contributed by atoms with Crippen LogP contribution in [0, 0.1) is 0 Å². The number of hydrogen-bond donors (Lipinski definition) is 1. The predicted octanol–water partition coefficient (Wildman–Crippen LogP) is 3.69. The molecule has 2 aromatic rings. The fourth-order valence-corrected chi connectivity index (χ4v) is 2.44. The maximum Gasteiger partial charge on any atom is 0.122 e. The molecule has 1 N–H and O–H groups in total. The van der Waals surface area contributed by atoms with E-state index >= 15 is 0 Å². The van der Waals surface area contributed by atoms with Crippen LogP contribution in [-0.4, -0.2) is 26.3 Å². The Morgan fingerprint density at radius 1 is 1.19 bits per heavy atom. The molecule has 3 nitrogen and oxygen atoms in total. The molecule has 4 heteroatoms. The van der Waals surface area contributed by atoms with E-state index in [0.717, 1.165) is 22.6 Å². The molecule has 0 saturated heterocycles. The van der Waals surface area contributed by atoms with E-state index in [1.807, 2.05) is 55.4 Å². The van der Waals surface area contributed by atoms with Crippen LogP contribution in [-0.2, 0) is 6.42 Å². The average molecular weight is 306 g/mol. The standard InChI is InChI=1S/C17H20ClNO2/c1-19(2)15-6-4-5-12(10-15)16(20)11-13-9-14(18)7-8-17(13)21-3/h4-10,16,20H,11H2,1-3H3. The first-order valence-electron chi connectivity index (χ1n) is 6.79. The quantitative estimate of drug-likeness (QED) is 0.914. The summed E-state index contributed by atoms with van der Waals surface area (Å²) in [7, 11) is 5.57. The molecule has 2 aromatic carbocycles. The number of benzene rings is 2. The molecule has 112 valence electrons. The Hall–Kier alpha value is -1.71. The molecule has 0 aromatic heterocycles. The Morgan fingerprint density at radius 2 is 1.95 bits per heavy atom. The summed E-state index contributed by atoms with van der Waals surface area (Å²) in [6.07, 6.45) is -0.141. The number of hydrogen-bond acceptors (Lipinski definition) is 3. The number of aliphatic hydroxyl groups excluding tert-OH is 1. The number of nitrogens with zero attached hydrogens (tertiary/aromatic N) is 1. The minimum absolute atomic E-state index is 0.459. The van der Waals surface area contributed by atoms with E-state index in [2.05, 4.69) is 0 Å². The first kappa shape index (κ1) is 15.7. The molecule has 0 aliphatic carbocycles. The van der Waals surface area contributed by atoms with Gasteiger partial charge in [-0.1, -0.05) is 23.7 Å². The average Bonchev–Trinajstić information content (AvgIpc) is 2.47. The number of anilines is 1. The highest BCUT2D eigenvalue weighted by molar-refractivity contribution is 6.30. The van der Waals surface area contributed by atoms with E-state index in [0.29, 0.717) is 11.4 Å². The lowest BCUT2D eigenvalue weighted by Gasteiger charge is -2.17. The van der Waals surface area contributed by atoms with E-state index in [9.17, 15) is 5.11 Å². The third-order valence-corrected chi connectivity index (χ3v) is 3.66. The molecular formula is C17H20ClNO2. The molecule has 0 bridgehead atoms. The van der Waals surface area contributed by atoms with Gasteiger partial charge in [-0.15, -0.1) is 0 Å². The Morgan fingerprint density at radius 3 is 2.62 bits per heavy atom. The van der Waals surface area contributed by atoms with Crippen molar-refractivity contribution in [3.05, 3.63) is 58.6 Å². The van der Waals surface area contributed by atoms with Crippen molar-refractivity contribution >= 4 is 17.3 Å². The molecule has 21 heavy (non-hydrogen) atoms. The summed E-state index contributed by atoms with van der Waals surface area (Å²) in [5.41, 5.74) is 2.83. The molecule has 0 aliphatic heterocycles. The minimum Gasteiger partial charge on any atom is -0.496 e. The Bertz CT molecular complexity index is 613.